The van der Waals surface area contributed by atoms with Crippen LogP contribution in [0.2, 0.25) is 0 Å². The second-order valence-electron chi connectivity index (χ2n) is 7.07. The van der Waals surface area contributed by atoms with E-state index in [0.29, 0.717) is 5.56 Å². The molecule has 1 saturated heterocycles. The van der Waals surface area contributed by atoms with Crippen LogP contribution in [0.5, 0.6) is 0 Å². The number of amides is 2. The van der Waals surface area contributed by atoms with E-state index < -0.39 is 0 Å². The van der Waals surface area contributed by atoms with Gasteiger partial charge in [0.1, 0.15) is 5.84 Å². The van der Waals surface area contributed by atoms with Crippen LogP contribution in [0.3, 0.4) is 0 Å². The van der Waals surface area contributed by atoms with Gasteiger partial charge in [-0.1, -0.05) is 12.1 Å². The molecule has 0 aromatic heterocycles. The average Bonchev–Trinajstić information content (AvgIpc) is 3.08. The van der Waals surface area contributed by atoms with Gasteiger partial charge in [-0.25, -0.2) is 4.99 Å². The predicted molar refractivity (Wildman–Crippen MR) is 110 cm³/mol. The summed E-state index contributed by atoms with van der Waals surface area (Å²) in [6, 6.07) is 7.71. The molecular formula is C21H20N4O2S. The van der Waals surface area contributed by atoms with Crippen molar-refractivity contribution in [1.82, 2.24) is 15.1 Å². The Bertz CT molecular complexity index is 969. The van der Waals surface area contributed by atoms with Crippen molar-refractivity contribution in [1.29, 1.82) is 0 Å². The SMILES string of the molecule is O=C1C=CC2=CN=C(c3ccc(C(=O)N4CCSCC4)cc3)N3CCC(=C23)N1. The number of thioether (sulfide) groups is 1. The van der Waals surface area contributed by atoms with Crippen LogP contribution in [0.1, 0.15) is 22.3 Å². The normalized spacial score (nSPS) is 21.1. The summed E-state index contributed by atoms with van der Waals surface area (Å²) in [5.41, 5.74) is 4.61. The maximum atomic E-state index is 12.7. The monoisotopic (exact) mass is 392 g/mol. The van der Waals surface area contributed by atoms with Gasteiger partial charge in [0.05, 0.1) is 5.70 Å². The topological polar surface area (TPSA) is 65.0 Å². The molecule has 4 aliphatic heterocycles. The highest BCUT2D eigenvalue weighted by molar-refractivity contribution is 7.99. The molecular weight excluding hydrogens is 372 g/mol. The zero-order chi connectivity index (χ0) is 19.1. The molecule has 4 heterocycles. The number of amidine groups is 1. The summed E-state index contributed by atoms with van der Waals surface area (Å²) in [6.45, 7) is 2.41. The predicted octanol–water partition coefficient (Wildman–Crippen LogP) is 2.12. The van der Waals surface area contributed by atoms with Crippen molar-refractivity contribution >= 4 is 29.4 Å². The summed E-state index contributed by atoms with van der Waals surface area (Å²) >= 11 is 1.89. The Morgan fingerprint density at radius 3 is 2.64 bits per heavy atom. The van der Waals surface area contributed by atoms with Gasteiger partial charge in [0.25, 0.3) is 5.91 Å². The third-order valence-electron chi connectivity index (χ3n) is 5.37. The molecule has 7 heteroatoms. The fraction of sp³-hybridized carbons (Fsp3) is 0.286. The lowest BCUT2D eigenvalue weighted by Crippen LogP contribution is -2.38. The second kappa shape index (κ2) is 6.98. The molecule has 0 saturated carbocycles. The minimum absolute atomic E-state index is 0.0971. The van der Waals surface area contributed by atoms with Crippen molar-refractivity contribution in [3.63, 3.8) is 0 Å². The van der Waals surface area contributed by atoms with Gasteiger partial charge in [-0.3, -0.25) is 9.59 Å². The van der Waals surface area contributed by atoms with Crippen molar-refractivity contribution in [2.45, 2.75) is 6.42 Å². The first-order chi connectivity index (χ1) is 13.7. The first kappa shape index (κ1) is 17.3. The molecule has 2 amide bonds. The average molecular weight is 392 g/mol. The molecule has 4 aliphatic rings. The Morgan fingerprint density at radius 2 is 1.86 bits per heavy atom. The zero-order valence-electron chi connectivity index (χ0n) is 15.4. The van der Waals surface area contributed by atoms with Gasteiger partial charge in [0.2, 0.25) is 5.91 Å². The summed E-state index contributed by atoms with van der Waals surface area (Å²) in [5.74, 6) is 2.87. The van der Waals surface area contributed by atoms with E-state index in [2.05, 4.69) is 15.2 Å². The smallest absolute Gasteiger partial charge is 0.253 e. The minimum Gasteiger partial charge on any atom is -0.337 e. The van der Waals surface area contributed by atoms with Crippen molar-refractivity contribution in [2.75, 3.05) is 31.1 Å². The molecule has 0 spiro atoms. The summed E-state index contributed by atoms with van der Waals surface area (Å²) in [5, 5.41) is 2.97. The number of rotatable bonds is 2. The number of nitrogens with zero attached hydrogens (tertiary/aromatic N) is 3. The lowest BCUT2D eigenvalue weighted by atomic mass is 10.1. The Morgan fingerprint density at radius 1 is 1.07 bits per heavy atom. The van der Waals surface area contributed by atoms with Crippen LogP contribution in [0, 0.1) is 0 Å². The lowest BCUT2D eigenvalue weighted by molar-refractivity contribution is -0.115. The summed E-state index contributed by atoms with van der Waals surface area (Å²) in [6.07, 6.45) is 5.95. The van der Waals surface area contributed by atoms with Crippen LogP contribution in [0.4, 0.5) is 0 Å². The molecule has 0 unspecified atom stereocenters. The van der Waals surface area contributed by atoms with Gasteiger partial charge in [0.15, 0.2) is 0 Å². The largest absolute Gasteiger partial charge is 0.337 e. The Kier molecular flexibility index (Phi) is 4.31. The molecule has 1 N–H and O–H groups in total. The van der Waals surface area contributed by atoms with Crippen molar-refractivity contribution in [2.24, 2.45) is 4.99 Å². The van der Waals surface area contributed by atoms with Crippen LogP contribution < -0.4 is 5.32 Å². The van der Waals surface area contributed by atoms with Gasteiger partial charge in [-0.05, 0) is 18.2 Å². The zero-order valence-corrected chi connectivity index (χ0v) is 16.2. The van der Waals surface area contributed by atoms with Gasteiger partial charge >= 0.3 is 0 Å². The van der Waals surface area contributed by atoms with E-state index in [1.165, 1.54) is 0 Å². The number of hydrogen-bond acceptors (Lipinski definition) is 5. The summed E-state index contributed by atoms with van der Waals surface area (Å²) < 4.78 is 0. The Hall–Kier alpha value is -2.80. The van der Waals surface area contributed by atoms with Crippen LogP contribution in [0.25, 0.3) is 0 Å². The van der Waals surface area contributed by atoms with Gasteiger partial charge in [-0.2, -0.15) is 11.8 Å². The molecule has 1 fully saturated rings. The number of allylic oxidation sites excluding steroid dienone is 1. The number of aliphatic imine (C=N–C) groups is 1. The van der Waals surface area contributed by atoms with Gasteiger partial charge in [0, 0.05) is 72.2 Å². The van der Waals surface area contributed by atoms with Crippen LogP contribution >= 0.6 is 11.8 Å². The highest BCUT2D eigenvalue weighted by Gasteiger charge is 2.32. The quantitative estimate of drug-likeness (QED) is 0.837. The number of nitrogens with one attached hydrogen (secondary N) is 1. The number of carbonyl (C=O) groups excluding carboxylic acids is 2. The van der Waals surface area contributed by atoms with Crippen molar-refractivity contribution < 1.29 is 9.59 Å². The number of hydrogen-bond donors (Lipinski definition) is 1. The van der Waals surface area contributed by atoms with E-state index >= 15 is 0 Å². The Labute approximate surface area is 167 Å². The van der Waals surface area contributed by atoms with Crippen LogP contribution in [-0.4, -0.2) is 58.6 Å². The van der Waals surface area contributed by atoms with Crippen LogP contribution in [0.15, 0.2) is 64.6 Å². The highest BCUT2D eigenvalue weighted by Crippen LogP contribution is 2.34. The maximum absolute atomic E-state index is 12.7. The minimum atomic E-state index is -0.0971. The van der Waals surface area contributed by atoms with Crippen molar-refractivity contribution in [3.05, 3.63) is 70.7 Å². The van der Waals surface area contributed by atoms with E-state index in [1.807, 2.05) is 53.2 Å². The lowest BCUT2D eigenvalue weighted by Gasteiger charge is -2.28. The maximum Gasteiger partial charge on any atom is 0.253 e. The van der Waals surface area contributed by atoms with E-state index in [-0.39, 0.29) is 11.8 Å². The molecule has 1 aromatic carbocycles. The van der Waals surface area contributed by atoms with E-state index in [0.717, 1.165) is 65.9 Å². The standard InChI is InChI=1S/C21H20N4O2S/c26-18-6-5-16-13-22-20(25-8-7-17(23-18)19(16)25)14-1-3-15(4-2-14)21(27)24-9-11-28-12-10-24/h1-6,13H,7-12H2,(H,23,26). The molecule has 0 radical (unpaired) electrons. The van der Waals surface area contributed by atoms with Gasteiger partial charge < -0.3 is 15.1 Å². The third-order valence-corrected chi connectivity index (χ3v) is 6.32. The molecule has 0 aliphatic carbocycles. The Balaban J connectivity index is 1.42. The highest BCUT2D eigenvalue weighted by atomic mass is 32.2. The van der Waals surface area contributed by atoms with Crippen LogP contribution in [-0.2, 0) is 4.79 Å². The van der Waals surface area contributed by atoms with E-state index in [1.54, 1.807) is 6.08 Å². The summed E-state index contributed by atoms with van der Waals surface area (Å²) in [7, 11) is 0. The molecule has 0 bridgehead atoms. The van der Waals surface area contributed by atoms with Crippen molar-refractivity contribution in [3.8, 4) is 0 Å². The van der Waals surface area contributed by atoms with E-state index in [4.69, 9.17) is 0 Å². The summed E-state index contributed by atoms with van der Waals surface area (Å²) in [4.78, 5) is 33.3. The first-order valence-corrected chi connectivity index (χ1v) is 10.6. The molecule has 5 rings (SSSR count). The number of carbonyl (C=O) groups is 2. The fourth-order valence-corrected chi connectivity index (χ4v) is 4.86. The first-order valence-electron chi connectivity index (χ1n) is 9.46. The third kappa shape index (κ3) is 2.96. The van der Waals surface area contributed by atoms with E-state index in [9.17, 15) is 9.59 Å². The fourth-order valence-electron chi connectivity index (χ4n) is 3.96. The molecule has 28 heavy (non-hydrogen) atoms. The molecule has 1 aromatic rings. The second-order valence-corrected chi connectivity index (χ2v) is 8.30. The van der Waals surface area contributed by atoms with Gasteiger partial charge in [-0.15, -0.1) is 0 Å². The number of benzene rings is 1. The molecule has 142 valence electrons. The molecule has 6 nitrogen and oxygen atoms in total. The molecule has 0 atom stereocenters.